The fourth-order valence-electron chi connectivity index (χ4n) is 3.17. The first-order chi connectivity index (χ1) is 15.1. The highest BCUT2D eigenvalue weighted by Gasteiger charge is 2.31. The number of thioether (sulfide) groups is 1. The zero-order valence-corrected chi connectivity index (χ0v) is 17.4. The zero-order chi connectivity index (χ0) is 21.4. The number of nitro benzene ring substituents is 1. The van der Waals surface area contributed by atoms with Crippen LogP contribution in [0.2, 0.25) is 0 Å². The van der Waals surface area contributed by atoms with E-state index in [1.54, 1.807) is 12.1 Å². The highest BCUT2D eigenvalue weighted by atomic mass is 32.2. The normalized spacial score (nSPS) is 14.5. The molecule has 0 aliphatic heterocycles. The van der Waals surface area contributed by atoms with Gasteiger partial charge in [0.1, 0.15) is 5.82 Å². The van der Waals surface area contributed by atoms with Gasteiger partial charge in [-0.05, 0) is 44.0 Å². The molecule has 31 heavy (non-hydrogen) atoms. The molecule has 1 aliphatic rings. The second-order valence-electron chi connectivity index (χ2n) is 7.28. The van der Waals surface area contributed by atoms with Crippen LogP contribution in [0, 0.1) is 10.1 Å². The summed E-state index contributed by atoms with van der Waals surface area (Å²) in [5.74, 6) is 2.20. The van der Waals surface area contributed by atoms with Crippen LogP contribution in [0.15, 0.2) is 64.2 Å². The van der Waals surface area contributed by atoms with E-state index in [0.29, 0.717) is 28.4 Å². The number of aromatic nitrogens is 5. The zero-order valence-electron chi connectivity index (χ0n) is 16.6. The molecular formula is C21H18N6O3S. The molecule has 5 rings (SSSR count). The number of nitrogens with zero attached hydrogens (tertiary/aromatic N) is 6. The molecule has 0 bridgehead atoms. The van der Waals surface area contributed by atoms with Crippen molar-refractivity contribution >= 4 is 17.4 Å². The fraction of sp³-hybridized carbons (Fsp3) is 0.238. The average molecular weight is 434 g/mol. The molecule has 1 saturated carbocycles. The second-order valence-corrected chi connectivity index (χ2v) is 8.59. The highest BCUT2D eigenvalue weighted by molar-refractivity contribution is 7.99. The Kier molecular flexibility index (Phi) is 4.99. The van der Waals surface area contributed by atoms with Crippen LogP contribution in [0.25, 0.3) is 17.1 Å². The first-order valence-electron chi connectivity index (χ1n) is 9.86. The van der Waals surface area contributed by atoms with Crippen molar-refractivity contribution in [1.29, 1.82) is 0 Å². The van der Waals surface area contributed by atoms with Crippen molar-refractivity contribution in [2.75, 3.05) is 0 Å². The Labute approximate surface area is 181 Å². The van der Waals surface area contributed by atoms with E-state index in [2.05, 4.69) is 10.2 Å². The average Bonchev–Trinajstić information content (AvgIpc) is 3.36. The molecule has 1 atom stereocenters. The van der Waals surface area contributed by atoms with E-state index < -0.39 is 4.92 Å². The summed E-state index contributed by atoms with van der Waals surface area (Å²) in [5, 5.41) is 24.3. The topological polar surface area (TPSA) is 113 Å². The van der Waals surface area contributed by atoms with E-state index in [-0.39, 0.29) is 10.9 Å². The lowest BCUT2D eigenvalue weighted by atomic mass is 10.2. The van der Waals surface area contributed by atoms with Crippen molar-refractivity contribution in [1.82, 2.24) is 25.0 Å². The molecule has 2 aromatic carbocycles. The maximum absolute atomic E-state index is 10.8. The molecule has 0 spiro atoms. The van der Waals surface area contributed by atoms with E-state index in [1.807, 2.05) is 41.9 Å². The number of nitro groups is 1. The van der Waals surface area contributed by atoms with Crippen molar-refractivity contribution in [3.05, 3.63) is 76.4 Å². The third-order valence-corrected chi connectivity index (χ3v) is 5.89. The number of rotatable bonds is 7. The minimum absolute atomic E-state index is 0.0129. The summed E-state index contributed by atoms with van der Waals surface area (Å²) >= 11 is 1.46. The van der Waals surface area contributed by atoms with Crippen LogP contribution in [-0.2, 0) is 0 Å². The van der Waals surface area contributed by atoms with Gasteiger partial charge < -0.3 is 4.42 Å². The van der Waals surface area contributed by atoms with Crippen molar-refractivity contribution < 1.29 is 9.34 Å². The molecule has 156 valence electrons. The molecule has 0 saturated heterocycles. The SMILES string of the molecule is C[C@H](Sc1nc(C2CC2)n(-c2ccccc2)n1)c1nnc(-c2ccc([N+](=O)[O-])cc2)o1. The Morgan fingerprint density at radius 1 is 1.13 bits per heavy atom. The second kappa shape index (κ2) is 7.95. The molecular weight excluding hydrogens is 416 g/mol. The van der Waals surface area contributed by atoms with Crippen LogP contribution >= 0.6 is 11.8 Å². The van der Waals surface area contributed by atoms with Crippen molar-refractivity contribution in [2.24, 2.45) is 0 Å². The first kappa shape index (κ1) is 19.4. The molecule has 0 unspecified atom stereocenters. The molecule has 1 fully saturated rings. The van der Waals surface area contributed by atoms with Crippen LogP contribution in [0.4, 0.5) is 5.69 Å². The number of non-ortho nitro benzene ring substituents is 1. The van der Waals surface area contributed by atoms with Gasteiger partial charge in [-0.3, -0.25) is 10.1 Å². The van der Waals surface area contributed by atoms with Gasteiger partial charge in [-0.15, -0.1) is 15.3 Å². The van der Waals surface area contributed by atoms with Gasteiger partial charge in [-0.2, -0.15) is 0 Å². The quantitative estimate of drug-likeness (QED) is 0.228. The predicted molar refractivity (Wildman–Crippen MR) is 114 cm³/mol. The molecule has 10 heteroatoms. The third-order valence-electron chi connectivity index (χ3n) is 4.95. The van der Waals surface area contributed by atoms with E-state index >= 15 is 0 Å². The van der Waals surface area contributed by atoms with Gasteiger partial charge >= 0.3 is 0 Å². The minimum Gasteiger partial charge on any atom is -0.419 e. The molecule has 1 aliphatic carbocycles. The number of hydrogen-bond donors (Lipinski definition) is 0. The summed E-state index contributed by atoms with van der Waals surface area (Å²) in [6.07, 6.45) is 2.26. The van der Waals surface area contributed by atoms with E-state index in [0.717, 1.165) is 24.4 Å². The van der Waals surface area contributed by atoms with Gasteiger partial charge in [0.15, 0.2) is 0 Å². The van der Waals surface area contributed by atoms with Crippen LogP contribution in [0.5, 0.6) is 0 Å². The van der Waals surface area contributed by atoms with Gasteiger partial charge in [0.25, 0.3) is 5.69 Å². The predicted octanol–water partition coefficient (Wildman–Crippen LogP) is 4.96. The summed E-state index contributed by atoms with van der Waals surface area (Å²) < 4.78 is 7.73. The molecule has 2 heterocycles. The molecule has 9 nitrogen and oxygen atoms in total. The minimum atomic E-state index is -0.445. The van der Waals surface area contributed by atoms with Gasteiger partial charge in [0, 0.05) is 23.6 Å². The molecule has 4 aromatic rings. The van der Waals surface area contributed by atoms with Crippen molar-refractivity contribution in [3.8, 4) is 17.1 Å². The number of para-hydroxylation sites is 1. The van der Waals surface area contributed by atoms with Gasteiger partial charge in [-0.1, -0.05) is 30.0 Å². The van der Waals surface area contributed by atoms with Crippen LogP contribution in [-0.4, -0.2) is 29.9 Å². The van der Waals surface area contributed by atoms with Crippen LogP contribution < -0.4 is 0 Å². The highest BCUT2D eigenvalue weighted by Crippen LogP contribution is 2.42. The monoisotopic (exact) mass is 434 g/mol. The Bertz CT molecular complexity index is 1220. The Morgan fingerprint density at radius 2 is 1.87 bits per heavy atom. The lowest BCUT2D eigenvalue weighted by Crippen LogP contribution is -2.01. The van der Waals surface area contributed by atoms with Gasteiger partial charge in [0.05, 0.1) is 15.9 Å². The Hall–Kier alpha value is -3.53. The standard InChI is InChI=1S/C21H18N6O3S/c1-13(19-23-24-20(30-19)15-9-11-17(12-10-15)27(28)29)31-21-22-18(14-7-8-14)26(25-21)16-5-3-2-4-6-16/h2-6,9-14H,7-8H2,1H3/t13-/m0/s1. The maximum Gasteiger partial charge on any atom is 0.269 e. The van der Waals surface area contributed by atoms with E-state index in [9.17, 15) is 10.1 Å². The largest absolute Gasteiger partial charge is 0.419 e. The summed E-state index contributed by atoms with van der Waals surface area (Å²) in [6.45, 7) is 1.96. The summed E-state index contributed by atoms with van der Waals surface area (Å²) in [5.41, 5.74) is 1.64. The lowest BCUT2D eigenvalue weighted by Gasteiger charge is -2.04. The van der Waals surface area contributed by atoms with Gasteiger partial charge in [-0.25, -0.2) is 9.67 Å². The maximum atomic E-state index is 10.8. The summed E-state index contributed by atoms with van der Waals surface area (Å²) in [4.78, 5) is 15.1. The number of benzene rings is 2. The smallest absolute Gasteiger partial charge is 0.269 e. The molecule has 0 radical (unpaired) electrons. The van der Waals surface area contributed by atoms with Crippen molar-refractivity contribution in [2.45, 2.75) is 36.1 Å². The first-order valence-corrected chi connectivity index (χ1v) is 10.7. The third kappa shape index (κ3) is 4.06. The van der Waals surface area contributed by atoms with E-state index in [1.165, 1.54) is 23.9 Å². The lowest BCUT2D eigenvalue weighted by molar-refractivity contribution is -0.384. The number of hydrogen-bond acceptors (Lipinski definition) is 8. The molecule has 2 aromatic heterocycles. The Balaban J connectivity index is 1.35. The van der Waals surface area contributed by atoms with Crippen LogP contribution in [0.1, 0.15) is 42.6 Å². The molecule has 0 amide bonds. The van der Waals surface area contributed by atoms with Crippen molar-refractivity contribution in [3.63, 3.8) is 0 Å². The summed E-state index contributed by atoms with van der Waals surface area (Å²) in [6, 6.07) is 16.0. The molecule has 0 N–H and O–H groups in total. The fourth-order valence-corrected chi connectivity index (χ4v) is 3.96. The van der Waals surface area contributed by atoms with Crippen LogP contribution in [0.3, 0.4) is 0 Å². The van der Waals surface area contributed by atoms with E-state index in [4.69, 9.17) is 14.5 Å². The summed E-state index contributed by atoms with van der Waals surface area (Å²) in [7, 11) is 0. The Morgan fingerprint density at radius 3 is 2.55 bits per heavy atom. The van der Waals surface area contributed by atoms with Gasteiger partial charge in [0.2, 0.25) is 16.9 Å².